The average molecular weight is 431 g/mol. The van der Waals surface area contributed by atoms with E-state index in [1.165, 1.54) is 5.56 Å². The van der Waals surface area contributed by atoms with Gasteiger partial charge in [-0.3, -0.25) is 19.6 Å². The van der Waals surface area contributed by atoms with Gasteiger partial charge in [-0.05, 0) is 44.5 Å². The Morgan fingerprint density at radius 1 is 1.19 bits per heavy atom. The number of rotatable bonds is 11. The summed E-state index contributed by atoms with van der Waals surface area (Å²) in [7, 11) is 5.50. The minimum atomic E-state index is 0.0492. The predicted octanol–water partition coefficient (Wildman–Crippen LogP) is 2.18. The zero-order valence-corrected chi connectivity index (χ0v) is 20.1. The fraction of sp³-hybridized carbons (Fsp3) is 0.667. The van der Waals surface area contributed by atoms with Crippen LogP contribution >= 0.6 is 0 Å². The highest BCUT2D eigenvalue weighted by atomic mass is 16.2. The molecule has 0 aromatic heterocycles. The molecule has 2 N–H and O–H groups in total. The van der Waals surface area contributed by atoms with Crippen LogP contribution in [-0.4, -0.2) is 93.0 Å². The van der Waals surface area contributed by atoms with E-state index in [1.54, 1.807) is 4.90 Å². The summed E-state index contributed by atoms with van der Waals surface area (Å²) in [5, 5.41) is 6.95. The van der Waals surface area contributed by atoms with Crippen LogP contribution in [0.3, 0.4) is 0 Å². The van der Waals surface area contributed by atoms with Crippen LogP contribution in [0.4, 0.5) is 0 Å². The minimum Gasteiger partial charge on any atom is -0.356 e. The quantitative estimate of drug-likeness (QED) is 0.320. The van der Waals surface area contributed by atoms with Crippen molar-refractivity contribution in [2.45, 2.75) is 45.2 Å². The topological polar surface area (TPSA) is 63.2 Å². The SMILES string of the molecule is CCN(CC)C(CNC(=NC)NCCCN1CCCC1C(=O)N(C)C)c1ccccc1. The standard InChI is InChI=1S/C24H42N6O/c1-6-29(7-2)22(20-13-9-8-10-14-20)19-27-24(25-3)26-16-12-18-30-17-11-15-21(30)23(31)28(4)5/h8-10,13-14,21-22H,6-7,11-12,15-19H2,1-5H3,(H2,25,26,27). The van der Waals surface area contributed by atoms with Crippen LogP contribution in [0, 0.1) is 0 Å². The van der Waals surface area contributed by atoms with E-state index in [0.29, 0.717) is 6.04 Å². The second-order valence-corrected chi connectivity index (χ2v) is 8.31. The molecule has 1 saturated heterocycles. The number of nitrogens with one attached hydrogen (secondary N) is 2. The molecular weight excluding hydrogens is 388 g/mol. The number of guanidine groups is 1. The largest absolute Gasteiger partial charge is 0.356 e. The first-order chi connectivity index (χ1) is 15.0. The van der Waals surface area contributed by atoms with Gasteiger partial charge in [-0.25, -0.2) is 0 Å². The lowest BCUT2D eigenvalue weighted by atomic mass is 10.1. The van der Waals surface area contributed by atoms with Crippen molar-refractivity contribution in [1.29, 1.82) is 0 Å². The smallest absolute Gasteiger partial charge is 0.239 e. The van der Waals surface area contributed by atoms with Gasteiger partial charge in [-0.1, -0.05) is 44.2 Å². The molecule has 1 aromatic rings. The number of likely N-dealkylation sites (N-methyl/N-ethyl adjacent to an activating group) is 2. The Balaban J connectivity index is 1.81. The third-order valence-corrected chi connectivity index (χ3v) is 6.13. The van der Waals surface area contributed by atoms with Crippen molar-refractivity contribution >= 4 is 11.9 Å². The number of carbonyl (C=O) groups is 1. The number of aliphatic imine (C=N–C) groups is 1. The van der Waals surface area contributed by atoms with Crippen LogP contribution in [0.1, 0.15) is 44.7 Å². The molecule has 0 aliphatic carbocycles. The van der Waals surface area contributed by atoms with Crippen molar-refractivity contribution in [3.8, 4) is 0 Å². The monoisotopic (exact) mass is 430 g/mol. The zero-order valence-electron chi connectivity index (χ0n) is 20.1. The van der Waals surface area contributed by atoms with Gasteiger partial charge in [0.2, 0.25) is 5.91 Å². The first-order valence-corrected chi connectivity index (χ1v) is 11.7. The van der Waals surface area contributed by atoms with E-state index in [2.05, 4.69) is 69.6 Å². The Kier molecular flexibility index (Phi) is 10.8. The van der Waals surface area contributed by atoms with Crippen molar-refractivity contribution in [2.24, 2.45) is 4.99 Å². The number of carbonyl (C=O) groups excluding carboxylic acids is 1. The van der Waals surface area contributed by atoms with Crippen molar-refractivity contribution in [3.63, 3.8) is 0 Å². The van der Waals surface area contributed by atoms with Gasteiger partial charge < -0.3 is 15.5 Å². The number of nitrogens with zero attached hydrogens (tertiary/aromatic N) is 4. The first-order valence-electron chi connectivity index (χ1n) is 11.7. The molecule has 0 saturated carbocycles. The Morgan fingerprint density at radius 3 is 2.52 bits per heavy atom. The lowest BCUT2D eigenvalue weighted by Crippen LogP contribution is -2.45. The van der Waals surface area contributed by atoms with E-state index in [0.717, 1.165) is 64.5 Å². The summed E-state index contributed by atoms with van der Waals surface area (Å²) in [5.74, 6) is 1.06. The third-order valence-electron chi connectivity index (χ3n) is 6.13. The highest BCUT2D eigenvalue weighted by molar-refractivity contribution is 5.81. The van der Waals surface area contributed by atoms with Gasteiger partial charge in [0.1, 0.15) is 0 Å². The maximum atomic E-state index is 12.3. The molecule has 31 heavy (non-hydrogen) atoms. The molecule has 2 rings (SSSR count). The van der Waals surface area contributed by atoms with Gasteiger partial charge in [-0.2, -0.15) is 0 Å². The van der Waals surface area contributed by atoms with Crippen LogP contribution in [0.15, 0.2) is 35.3 Å². The Labute approximate surface area is 188 Å². The highest BCUT2D eigenvalue weighted by Crippen LogP contribution is 2.20. The average Bonchev–Trinajstić information content (AvgIpc) is 3.26. The number of amides is 1. The molecule has 2 unspecified atom stereocenters. The van der Waals surface area contributed by atoms with Gasteiger partial charge in [0.05, 0.1) is 12.1 Å². The predicted molar refractivity (Wildman–Crippen MR) is 129 cm³/mol. The van der Waals surface area contributed by atoms with Crippen LogP contribution in [0.5, 0.6) is 0 Å². The molecule has 1 aliphatic rings. The van der Waals surface area contributed by atoms with E-state index in [4.69, 9.17) is 0 Å². The van der Waals surface area contributed by atoms with Gasteiger partial charge in [-0.15, -0.1) is 0 Å². The van der Waals surface area contributed by atoms with Gasteiger partial charge in [0.15, 0.2) is 5.96 Å². The summed E-state index contributed by atoms with van der Waals surface area (Å²) in [6.07, 6.45) is 3.06. The molecule has 1 fully saturated rings. The molecule has 174 valence electrons. The summed E-state index contributed by atoms with van der Waals surface area (Å²) in [5.41, 5.74) is 1.32. The molecule has 0 bridgehead atoms. The molecule has 7 heteroatoms. The summed E-state index contributed by atoms with van der Waals surface area (Å²) in [4.78, 5) is 23.3. The van der Waals surface area contributed by atoms with Crippen molar-refractivity contribution in [2.75, 3.05) is 60.4 Å². The van der Waals surface area contributed by atoms with Gasteiger partial charge in [0, 0.05) is 40.8 Å². The molecular formula is C24H42N6O. The number of likely N-dealkylation sites (tertiary alicyclic amines) is 1. The second-order valence-electron chi connectivity index (χ2n) is 8.31. The van der Waals surface area contributed by atoms with E-state index in [-0.39, 0.29) is 11.9 Å². The molecule has 7 nitrogen and oxygen atoms in total. The molecule has 0 spiro atoms. The third kappa shape index (κ3) is 7.51. The highest BCUT2D eigenvalue weighted by Gasteiger charge is 2.31. The maximum Gasteiger partial charge on any atom is 0.239 e. The zero-order chi connectivity index (χ0) is 22.6. The van der Waals surface area contributed by atoms with E-state index in [9.17, 15) is 4.79 Å². The van der Waals surface area contributed by atoms with E-state index in [1.807, 2.05) is 21.1 Å². The number of hydrogen-bond acceptors (Lipinski definition) is 4. The van der Waals surface area contributed by atoms with Crippen molar-refractivity contribution in [3.05, 3.63) is 35.9 Å². The Morgan fingerprint density at radius 2 is 1.90 bits per heavy atom. The Bertz CT molecular complexity index is 674. The normalized spacial score (nSPS) is 18.3. The number of benzene rings is 1. The summed E-state index contributed by atoms with van der Waals surface area (Å²) >= 11 is 0. The van der Waals surface area contributed by atoms with Crippen LogP contribution < -0.4 is 10.6 Å². The van der Waals surface area contributed by atoms with Crippen LogP contribution in [0.2, 0.25) is 0 Å². The number of hydrogen-bond donors (Lipinski definition) is 2. The summed E-state index contributed by atoms with van der Waals surface area (Å²) in [6, 6.07) is 11.0. The molecule has 1 heterocycles. The van der Waals surface area contributed by atoms with Crippen molar-refractivity contribution < 1.29 is 4.79 Å². The molecule has 2 atom stereocenters. The fourth-order valence-corrected chi connectivity index (χ4v) is 4.37. The summed E-state index contributed by atoms with van der Waals surface area (Å²) in [6.45, 7) is 10.0. The van der Waals surface area contributed by atoms with Crippen molar-refractivity contribution in [1.82, 2.24) is 25.3 Å². The van der Waals surface area contributed by atoms with E-state index < -0.39 is 0 Å². The molecule has 1 amide bonds. The molecule has 1 aliphatic heterocycles. The second kappa shape index (κ2) is 13.3. The fourth-order valence-electron chi connectivity index (χ4n) is 4.37. The van der Waals surface area contributed by atoms with Gasteiger partial charge >= 0.3 is 0 Å². The van der Waals surface area contributed by atoms with Gasteiger partial charge in [0.25, 0.3) is 0 Å². The first kappa shape index (κ1) is 25.1. The molecule has 1 aromatic carbocycles. The lowest BCUT2D eigenvalue weighted by molar-refractivity contribution is -0.133. The lowest BCUT2D eigenvalue weighted by Gasteiger charge is -2.31. The van der Waals surface area contributed by atoms with Crippen LogP contribution in [-0.2, 0) is 4.79 Å². The maximum absolute atomic E-state index is 12.3. The van der Waals surface area contributed by atoms with Crippen LogP contribution in [0.25, 0.3) is 0 Å². The minimum absolute atomic E-state index is 0.0492. The molecule has 0 radical (unpaired) electrons. The summed E-state index contributed by atoms with van der Waals surface area (Å²) < 4.78 is 0. The van der Waals surface area contributed by atoms with E-state index >= 15 is 0 Å². The Hall–Kier alpha value is -2.12.